The van der Waals surface area contributed by atoms with Gasteiger partial charge in [0.25, 0.3) is 5.91 Å². The van der Waals surface area contributed by atoms with Crippen molar-refractivity contribution in [1.82, 2.24) is 5.32 Å². The van der Waals surface area contributed by atoms with E-state index in [1.807, 2.05) is 24.3 Å². The Morgan fingerprint density at radius 1 is 1.30 bits per heavy atom. The third-order valence-electron chi connectivity index (χ3n) is 2.71. The molecule has 2 aromatic carbocycles. The average Bonchev–Trinajstić information content (AvgIpc) is 2.44. The van der Waals surface area contributed by atoms with Gasteiger partial charge in [-0.05, 0) is 35.9 Å². The second-order valence-electron chi connectivity index (χ2n) is 4.19. The summed E-state index contributed by atoms with van der Waals surface area (Å²) in [7, 11) is 1.61. The first-order valence-corrected chi connectivity index (χ1v) is 7.13. The molecule has 1 N–H and O–H groups in total. The van der Waals surface area contributed by atoms with E-state index in [1.165, 1.54) is 0 Å². The molecule has 0 unspecified atom stereocenters. The second kappa shape index (κ2) is 6.77. The minimum Gasteiger partial charge on any atom is -0.497 e. The van der Waals surface area contributed by atoms with Crippen LogP contribution in [0, 0.1) is 0 Å². The van der Waals surface area contributed by atoms with Crippen LogP contribution >= 0.6 is 27.5 Å². The zero-order valence-electron chi connectivity index (χ0n) is 10.8. The largest absolute Gasteiger partial charge is 0.497 e. The quantitative estimate of drug-likeness (QED) is 0.900. The van der Waals surface area contributed by atoms with Crippen LogP contribution in [0.3, 0.4) is 0 Å². The first-order valence-electron chi connectivity index (χ1n) is 5.95. The molecule has 3 nitrogen and oxygen atoms in total. The van der Waals surface area contributed by atoms with Gasteiger partial charge in [-0.2, -0.15) is 0 Å². The number of hydrogen-bond donors (Lipinski definition) is 1. The van der Waals surface area contributed by atoms with Crippen molar-refractivity contribution in [3.8, 4) is 5.75 Å². The number of hydrogen-bond acceptors (Lipinski definition) is 2. The van der Waals surface area contributed by atoms with Gasteiger partial charge in [0.15, 0.2) is 0 Å². The van der Waals surface area contributed by atoms with E-state index in [-0.39, 0.29) is 5.91 Å². The number of methoxy groups -OCH3 is 1. The lowest BCUT2D eigenvalue weighted by Gasteiger charge is -2.07. The van der Waals surface area contributed by atoms with Gasteiger partial charge in [-0.1, -0.05) is 39.7 Å². The molecule has 0 saturated heterocycles. The molecule has 0 aliphatic carbocycles. The summed E-state index contributed by atoms with van der Waals surface area (Å²) in [6.45, 7) is 0.431. The number of carbonyl (C=O) groups is 1. The first kappa shape index (κ1) is 14.9. The molecule has 104 valence electrons. The monoisotopic (exact) mass is 353 g/mol. The number of halogens is 2. The molecule has 0 heterocycles. The highest BCUT2D eigenvalue weighted by Gasteiger charge is 2.07. The van der Waals surface area contributed by atoms with Gasteiger partial charge in [0.2, 0.25) is 0 Å². The fraction of sp³-hybridized carbons (Fsp3) is 0.133. The Kier molecular flexibility index (Phi) is 5.04. The smallest absolute Gasteiger partial charge is 0.251 e. The van der Waals surface area contributed by atoms with Crippen molar-refractivity contribution in [3.05, 3.63) is 63.1 Å². The summed E-state index contributed by atoms with van der Waals surface area (Å²) in [5.41, 5.74) is 1.49. The molecule has 0 aliphatic rings. The van der Waals surface area contributed by atoms with Crippen molar-refractivity contribution in [3.63, 3.8) is 0 Å². The van der Waals surface area contributed by atoms with Crippen molar-refractivity contribution >= 4 is 33.4 Å². The highest BCUT2D eigenvalue weighted by atomic mass is 79.9. The molecule has 0 atom stereocenters. The fourth-order valence-electron chi connectivity index (χ4n) is 1.75. The summed E-state index contributed by atoms with van der Waals surface area (Å²) in [4.78, 5) is 12.1. The van der Waals surface area contributed by atoms with Gasteiger partial charge in [0.05, 0.1) is 7.11 Å². The van der Waals surface area contributed by atoms with Crippen molar-refractivity contribution in [2.45, 2.75) is 6.54 Å². The van der Waals surface area contributed by atoms with Gasteiger partial charge in [-0.25, -0.2) is 0 Å². The van der Waals surface area contributed by atoms with Gasteiger partial charge in [0, 0.05) is 21.6 Å². The fourth-order valence-corrected chi connectivity index (χ4v) is 2.61. The van der Waals surface area contributed by atoms with Crippen LogP contribution in [0.15, 0.2) is 46.9 Å². The second-order valence-corrected chi connectivity index (χ2v) is 5.54. The lowest BCUT2D eigenvalue weighted by molar-refractivity contribution is 0.0951. The van der Waals surface area contributed by atoms with Crippen molar-refractivity contribution in [2.75, 3.05) is 7.11 Å². The number of rotatable bonds is 4. The summed E-state index contributed by atoms with van der Waals surface area (Å²) in [6, 6.07) is 12.7. The Labute approximate surface area is 131 Å². The van der Waals surface area contributed by atoms with E-state index in [9.17, 15) is 4.79 Å². The molecule has 0 saturated carbocycles. The molecule has 0 radical (unpaired) electrons. The van der Waals surface area contributed by atoms with Crippen LogP contribution in [-0.4, -0.2) is 13.0 Å². The average molecular weight is 355 g/mol. The summed E-state index contributed by atoms with van der Waals surface area (Å²) >= 11 is 9.24. The van der Waals surface area contributed by atoms with Crippen molar-refractivity contribution < 1.29 is 9.53 Å². The number of carbonyl (C=O) groups excluding carboxylic acids is 1. The van der Waals surface area contributed by atoms with Crippen molar-refractivity contribution in [2.24, 2.45) is 0 Å². The maximum Gasteiger partial charge on any atom is 0.251 e. The number of amides is 1. The van der Waals surface area contributed by atoms with Crippen molar-refractivity contribution in [1.29, 1.82) is 0 Å². The van der Waals surface area contributed by atoms with Gasteiger partial charge in [-0.3, -0.25) is 4.79 Å². The van der Waals surface area contributed by atoms with E-state index >= 15 is 0 Å². The molecule has 0 aromatic heterocycles. The molecule has 0 aliphatic heterocycles. The first-order chi connectivity index (χ1) is 9.58. The Morgan fingerprint density at radius 2 is 2.10 bits per heavy atom. The molecule has 2 rings (SSSR count). The van der Waals surface area contributed by atoms with Crippen LogP contribution in [-0.2, 0) is 6.54 Å². The third-order valence-corrected chi connectivity index (χ3v) is 3.39. The number of benzene rings is 2. The molecule has 0 fully saturated rings. The molecular formula is C15H13BrClNO2. The van der Waals surface area contributed by atoms with Crippen LogP contribution in [0.2, 0.25) is 5.02 Å². The van der Waals surface area contributed by atoms with E-state index in [2.05, 4.69) is 21.2 Å². The standard InChI is InChI=1S/C15H13BrClNO2/c1-20-14-4-2-3-10(5-14)9-18-15(19)11-6-12(16)8-13(17)7-11/h2-8H,9H2,1H3,(H,18,19). The van der Waals surface area contributed by atoms with Crippen LogP contribution in [0.5, 0.6) is 5.75 Å². The predicted molar refractivity (Wildman–Crippen MR) is 83.3 cm³/mol. The predicted octanol–water partition coefficient (Wildman–Crippen LogP) is 4.04. The Bertz CT molecular complexity index is 611. The zero-order chi connectivity index (χ0) is 14.5. The molecule has 5 heteroatoms. The Balaban J connectivity index is 2.04. The lowest BCUT2D eigenvalue weighted by Crippen LogP contribution is -2.22. The summed E-state index contributed by atoms with van der Waals surface area (Å²) in [5.74, 6) is 0.596. The molecule has 2 aromatic rings. The van der Waals surface area contributed by atoms with E-state index < -0.39 is 0 Å². The van der Waals surface area contributed by atoms with E-state index in [0.717, 1.165) is 15.8 Å². The molecule has 1 amide bonds. The van der Waals surface area contributed by atoms with E-state index in [0.29, 0.717) is 17.1 Å². The maximum atomic E-state index is 12.1. The van der Waals surface area contributed by atoms with Gasteiger partial charge < -0.3 is 10.1 Å². The van der Waals surface area contributed by atoms with Crippen LogP contribution in [0.25, 0.3) is 0 Å². The van der Waals surface area contributed by atoms with Gasteiger partial charge in [0.1, 0.15) is 5.75 Å². The summed E-state index contributed by atoms with van der Waals surface area (Å²) < 4.78 is 5.92. The highest BCUT2D eigenvalue weighted by Crippen LogP contribution is 2.19. The van der Waals surface area contributed by atoms with Gasteiger partial charge in [-0.15, -0.1) is 0 Å². The number of nitrogens with one attached hydrogen (secondary N) is 1. The maximum absolute atomic E-state index is 12.1. The van der Waals surface area contributed by atoms with Crippen LogP contribution < -0.4 is 10.1 Å². The topological polar surface area (TPSA) is 38.3 Å². The molecule has 0 bridgehead atoms. The highest BCUT2D eigenvalue weighted by molar-refractivity contribution is 9.10. The van der Waals surface area contributed by atoms with E-state index in [1.54, 1.807) is 25.3 Å². The lowest BCUT2D eigenvalue weighted by atomic mass is 10.2. The van der Waals surface area contributed by atoms with Crippen LogP contribution in [0.4, 0.5) is 0 Å². The Hall–Kier alpha value is -1.52. The summed E-state index contributed by atoms with van der Waals surface area (Å²) in [5, 5.41) is 3.37. The van der Waals surface area contributed by atoms with Gasteiger partial charge >= 0.3 is 0 Å². The third kappa shape index (κ3) is 3.99. The SMILES string of the molecule is COc1cccc(CNC(=O)c2cc(Cl)cc(Br)c2)c1. The summed E-state index contributed by atoms with van der Waals surface area (Å²) in [6.07, 6.45) is 0. The zero-order valence-corrected chi connectivity index (χ0v) is 13.2. The Morgan fingerprint density at radius 3 is 2.80 bits per heavy atom. The van der Waals surface area contributed by atoms with Crippen LogP contribution in [0.1, 0.15) is 15.9 Å². The normalized spacial score (nSPS) is 10.2. The number of ether oxygens (including phenoxy) is 1. The molecule has 20 heavy (non-hydrogen) atoms. The molecular weight excluding hydrogens is 342 g/mol. The minimum absolute atomic E-state index is 0.170. The molecule has 0 spiro atoms. The van der Waals surface area contributed by atoms with E-state index in [4.69, 9.17) is 16.3 Å². The minimum atomic E-state index is -0.170.